The van der Waals surface area contributed by atoms with Crippen LogP contribution in [0.1, 0.15) is 58.3 Å². The number of hydrogen-bond acceptors (Lipinski definition) is 3. The Morgan fingerprint density at radius 3 is 2.79 bits per heavy atom. The van der Waals surface area contributed by atoms with Crippen LogP contribution in [0.15, 0.2) is 10.7 Å². The normalized spacial score (nSPS) is 25.2. The molecule has 2 heterocycles. The van der Waals surface area contributed by atoms with Gasteiger partial charge < -0.3 is 10.1 Å². The Kier molecular flexibility index (Phi) is 5.03. The molecular weight excluding hydrogens is 306 g/mol. The topological polar surface area (TPSA) is 39.1 Å². The summed E-state index contributed by atoms with van der Waals surface area (Å²) in [5.41, 5.74) is 1.20. The van der Waals surface area contributed by atoms with Gasteiger partial charge in [-0.15, -0.1) is 0 Å². The Bertz CT molecular complexity index is 419. The highest BCUT2D eigenvalue weighted by atomic mass is 79.9. The lowest BCUT2D eigenvalue weighted by atomic mass is 10.0. The summed E-state index contributed by atoms with van der Waals surface area (Å²) in [4.78, 5) is 0. The van der Waals surface area contributed by atoms with Crippen molar-refractivity contribution in [2.75, 3.05) is 6.54 Å². The molecule has 0 aromatic carbocycles. The van der Waals surface area contributed by atoms with Gasteiger partial charge in [0.05, 0.1) is 34.6 Å². The molecule has 1 aliphatic heterocycles. The van der Waals surface area contributed by atoms with Crippen LogP contribution in [0.5, 0.6) is 0 Å². The van der Waals surface area contributed by atoms with Gasteiger partial charge in [-0.1, -0.05) is 6.92 Å². The summed E-state index contributed by atoms with van der Waals surface area (Å²) in [6.45, 7) is 9.52. The molecule has 0 spiro atoms. The highest BCUT2D eigenvalue weighted by molar-refractivity contribution is 9.10. The minimum Gasteiger partial charge on any atom is -0.373 e. The first-order chi connectivity index (χ1) is 9.04. The second-order valence-corrected chi connectivity index (χ2v) is 6.37. The Morgan fingerprint density at radius 1 is 1.53 bits per heavy atom. The second kappa shape index (κ2) is 6.37. The Hall–Kier alpha value is -0.390. The highest BCUT2D eigenvalue weighted by Gasteiger charge is 2.33. The molecule has 108 valence electrons. The molecule has 3 atom stereocenters. The minimum atomic E-state index is 0.203. The molecule has 0 radical (unpaired) electrons. The molecule has 1 saturated heterocycles. The van der Waals surface area contributed by atoms with Crippen LogP contribution in [0.2, 0.25) is 0 Å². The Balaban J connectivity index is 2.30. The number of rotatable bonds is 5. The molecule has 1 N–H and O–H groups in total. The van der Waals surface area contributed by atoms with Crippen molar-refractivity contribution in [1.29, 1.82) is 0 Å². The van der Waals surface area contributed by atoms with Crippen LogP contribution in [-0.2, 0) is 4.74 Å². The van der Waals surface area contributed by atoms with Gasteiger partial charge in [-0.2, -0.15) is 5.10 Å². The first-order valence-electron chi connectivity index (χ1n) is 7.16. The molecule has 0 amide bonds. The summed E-state index contributed by atoms with van der Waals surface area (Å²) >= 11 is 3.64. The van der Waals surface area contributed by atoms with Crippen molar-refractivity contribution in [3.05, 3.63) is 16.4 Å². The third-order valence-corrected chi connectivity index (χ3v) is 4.24. The molecular formula is C14H24BrN3O. The van der Waals surface area contributed by atoms with Gasteiger partial charge in [-0.05, 0) is 56.1 Å². The van der Waals surface area contributed by atoms with Gasteiger partial charge in [0.2, 0.25) is 0 Å². The molecule has 2 rings (SSSR count). The van der Waals surface area contributed by atoms with E-state index in [1.54, 1.807) is 0 Å². The van der Waals surface area contributed by atoms with E-state index in [2.05, 4.69) is 58.7 Å². The lowest BCUT2D eigenvalue weighted by Gasteiger charge is -2.27. The van der Waals surface area contributed by atoms with Crippen LogP contribution in [0, 0.1) is 0 Å². The molecule has 4 nitrogen and oxygen atoms in total. The fourth-order valence-corrected chi connectivity index (χ4v) is 3.28. The van der Waals surface area contributed by atoms with Gasteiger partial charge in [0.1, 0.15) is 0 Å². The number of nitrogens with zero attached hydrogens (tertiary/aromatic N) is 2. The number of nitrogens with one attached hydrogen (secondary N) is 1. The summed E-state index contributed by atoms with van der Waals surface area (Å²) in [5.74, 6) is 0. The van der Waals surface area contributed by atoms with Crippen molar-refractivity contribution >= 4 is 15.9 Å². The van der Waals surface area contributed by atoms with E-state index in [9.17, 15) is 0 Å². The van der Waals surface area contributed by atoms with Gasteiger partial charge in [-0.25, -0.2) is 0 Å². The summed E-state index contributed by atoms with van der Waals surface area (Å²) in [7, 11) is 0. The summed E-state index contributed by atoms with van der Waals surface area (Å²) < 4.78 is 9.22. The van der Waals surface area contributed by atoms with E-state index in [1.807, 2.05) is 6.20 Å². The first-order valence-corrected chi connectivity index (χ1v) is 7.95. The number of halogens is 1. The maximum absolute atomic E-state index is 6.07. The van der Waals surface area contributed by atoms with Crippen molar-refractivity contribution in [1.82, 2.24) is 15.1 Å². The average molecular weight is 330 g/mol. The fraction of sp³-hybridized carbons (Fsp3) is 0.786. The van der Waals surface area contributed by atoms with E-state index in [0.717, 1.165) is 23.9 Å². The summed E-state index contributed by atoms with van der Waals surface area (Å²) in [5, 5.41) is 8.05. The molecule has 0 bridgehead atoms. The quantitative estimate of drug-likeness (QED) is 0.899. The van der Waals surface area contributed by atoms with Crippen LogP contribution in [0.25, 0.3) is 0 Å². The minimum absolute atomic E-state index is 0.203. The maximum atomic E-state index is 6.07. The van der Waals surface area contributed by atoms with Crippen LogP contribution in [0.4, 0.5) is 0 Å². The van der Waals surface area contributed by atoms with Crippen molar-refractivity contribution in [2.24, 2.45) is 0 Å². The van der Waals surface area contributed by atoms with Crippen molar-refractivity contribution in [2.45, 2.75) is 64.8 Å². The fourth-order valence-electron chi connectivity index (χ4n) is 2.76. The summed E-state index contributed by atoms with van der Waals surface area (Å²) in [6, 6.07) is 0.551. The molecule has 0 saturated carbocycles. The van der Waals surface area contributed by atoms with Gasteiger partial charge in [-0.3, -0.25) is 4.68 Å². The van der Waals surface area contributed by atoms with Crippen molar-refractivity contribution < 1.29 is 4.74 Å². The average Bonchev–Trinajstić information content (AvgIpc) is 2.93. The predicted octanol–water partition coefficient (Wildman–Crippen LogP) is 3.44. The molecule has 1 aromatic rings. The number of ether oxygens (including phenoxy) is 1. The van der Waals surface area contributed by atoms with Crippen molar-refractivity contribution in [3.8, 4) is 0 Å². The highest BCUT2D eigenvalue weighted by Crippen LogP contribution is 2.34. The lowest BCUT2D eigenvalue weighted by Crippen LogP contribution is -2.34. The zero-order valence-corrected chi connectivity index (χ0v) is 13.8. The zero-order valence-electron chi connectivity index (χ0n) is 12.2. The molecule has 1 aliphatic rings. The van der Waals surface area contributed by atoms with E-state index in [1.165, 1.54) is 5.69 Å². The van der Waals surface area contributed by atoms with Gasteiger partial charge in [0.15, 0.2) is 0 Å². The predicted molar refractivity (Wildman–Crippen MR) is 80.3 cm³/mol. The molecule has 19 heavy (non-hydrogen) atoms. The van der Waals surface area contributed by atoms with E-state index < -0.39 is 0 Å². The second-order valence-electron chi connectivity index (χ2n) is 5.51. The monoisotopic (exact) mass is 329 g/mol. The Morgan fingerprint density at radius 2 is 2.26 bits per heavy atom. The van der Waals surface area contributed by atoms with Crippen LogP contribution < -0.4 is 5.32 Å². The SMILES string of the molecule is CCNC(c1c(Br)cnn1C(C)C)C1CCC(C)O1. The first kappa shape index (κ1) is 15.0. The zero-order chi connectivity index (χ0) is 14.0. The van der Waals surface area contributed by atoms with Gasteiger partial charge >= 0.3 is 0 Å². The molecule has 5 heteroatoms. The molecule has 1 aromatic heterocycles. The van der Waals surface area contributed by atoms with Crippen LogP contribution in [-0.4, -0.2) is 28.5 Å². The standard InChI is InChI=1S/C14H24BrN3O/c1-5-16-13(12-7-6-10(4)19-12)14-11(15)8-17-18(14)9(2)3/h8-10,12-13,16H,5-7H2,1-4H3. The molecule has 0 aliphatic carbocycles. The maximum Gasteiger partial charge on any atom is 0.0790 e. The van der Waals surface area contributed by atoms with Gasteiger partial charge in [0, 0.05) is 6.04 Å². The van der Waals surface area contributed by atoms with E-state index in [-0.39, 0.29) is 12.1 Å². The molecule has 1 fully saturated rings. The van der Waals surface area contributed by atoms with Crippen LogP contribution in [0.3, 0.4) is 0 Å². The third-order valence-electron chi connectivity index (χ3n) is 3.63. The van der Waals surface area contributed by atoms with E-state index in [4.69, 9.17) is 4.74 Å². The molecule has 3 unspecified atom stereocenters. The third kappa shape index (κ3) is 3.20. The number of hydrogen-bond donors (Lipinski definition) is 1. The summed E-state index contributed by atoms with van der Waals surface area (Å²) in [6.07, 6.45) is 4.73. The largest absolute Gasteiger partial charge is 0.373 e. The number of aromatic nitrogens is 2. The number of likely N-dealkylation sites (N-methyl/N-ethyl adjacent to an activating group) is 1. The lowest BCUT2D eigenvalue weighted by molar-refractivity contribution is 0.0296. The smallest absolute Gasteiger partial charge is 0.0790 e. The van der Waals surface area contributed by atoms with Gasteiger partial charge in [0.25, 0.3) is 0 Å². The van der Waals surface area contributed by atoms with Crippen LogP contribution >= 0.6 is 15.9 Å². The van der Waals surface area contributed by atoms with Crippen molar-refractivity contribution in [3.63, 3.8) is 0 Å². The Labute approximate surface area is 124 Å². The van der Waals surface area contributed by atoms with E-state index >= 15 is 0 Å². The van der Waals surface area contributed by atoms with E-state index in [0.29, 0.717) is 12.1 Å².